The number of halogens is 1. The molecule has 1 aromatic heterocycles. The van der Waals surface area contributed by atoms with E-state index in [2.05, 4.69) is 10.3 Å². The van der Waals surface area contributed by atoms with Gasteiger partial charge in [0, 0.05) is 21.0 Å². The number of benzene rings is 2. The number of carbonyl (C=O) groups is 1. The lowest BCUT2D eigenvalue weighted by Gasteiger charge is -2.10. The summed E-state index contributed by atoms with van der Waals surface area (Å²) in [5, 5.41) is 4.52. The number of nitrogens with zero attached hydrogens (tertiary/aromatic N) is 1. The van der Waals surface area contributed by atoms with Crippen LogP contribution in [0.1, 0.15) is 0 Å². The number of rotatable bonds is 6. The van der Waals surface area contributed by atoms with Crippen LogP contribution in [0.2, 0.25) is 5.02 Å². The summed E-state index contributed by atoms with van der Waals surface area (Å²) in [7, 11) is 0. The van der Waals surface area contributed by atoms with Crippen LogP contribution in [0.4, 0.5) is 5.69 Å². The van der Waals surface area contributed by atoms with Crippen molar-refractivity contribution in [1.82, 2.24) is 4.98 Å². The number of para-hydroxylation sites is 1. The minimum atomic E-state index is -0.0557. The predicted octanol–water partition coefficient (Wildman–Crippen LogP) is 5.62. The van der Waals surface area contributed by atoms with Crippen LogP contribution in [0, 0.1) is 0 Å². The second-order valence-electron chi connectivity index (χ2n) is 5.06. The maximum absolute atomic E-state index is 12.2. The minimum absolute atomic E-state index is 0.0557. The molecule has 1 N–H and O–H groups in total. The fraction of sp³-hybridized carbons (Fsp3) is 0.0526. The number of anilines is 1. The summed E-state index contributed by atoms with van der Waals surface area (Å²) < 4.78 is 0. The molecular weight excluding hydrogens is 372 g/mol. The van der Waals surface area contributed by atoms with Gasteiger partial charge < -0.3 is 5.32 Å². The summed E-state index contributed by atoms with van der Waals surface area (Å²) in [4.78, 5) is 18.5. The summed E-state index contributed by atoms with van der Waals surface area (Å²) in [6.07, 6.45) is 1.72. The van der Waals surface area contributed by atoms with Gasteiger partial charge in [0.15, 0.2) is 0 Å². The molecule has 1 amide bonds. The van der Waals surface area contributed by atoms with Crippen molar-refractivity contribution in [3.8, 4) is 0 Å². The van der Waals surface area contributed by atoms with E-state index in [-0.39, 0.29) is 5.91 Å². The van der Waals surface area contributed by atoms with Crippen LogP contribution in [-0.2, 0) is 4.79 Å². The highest BCUT2D eigenvalue weighted by molar-refractivity contribution is 8.00. The van der Waals surface area contributed by atoms with Crippen LogP contribution in [0.3, 0.4) is 0 Å². The van der Waals surface area contributed by atoms with Gasteiger partial charge in [-0.1, -0.05) is 53.3 Å². The van der Waals surface area contributed by atoms with Crippen molar-refractivity contribution in [2.45, 2.75) is 14.8 Å². The maximum atomic E-state index is 12.2. The van der Waals surface area contributed by atoms with Gasteiger partial charge in [-0.25, -0.2) is 4.98 Å². The van der Waals surface area contributed by atoms with E-state index in [1.165, 1.54) is 11.8 Å². The monoisotopic (exact) mass is 386 g/mol. The molecule has 0 saturated carbocycles. The SMILES string of the molecule is O=C(CSc1ccccn1)Nc1ccccc1Sc1ccc(Cl)cc1. The lowest BCUT2D eigenvalue weighted by molar-refractivity contribution is -0.113. The Kier molecular flexibility index (Phi) is 6.39. The van der Waals surface area contributed by atoms with E-state index in [4.69, 9.17) is 11.6 Å². The molecule has 3 nitrogen and oxygen atoms in total. The third-order valence-corrected chi connectivity index (χ3v) is 5.47. The van der Waals surface area contributed by atoms with Gasteiger partial charge in [0.05, 0.1) is 16.5 Å². The van der Waals surface area contributed by atoms with Gasteiger partial charge in [0.1, 0.15) is 0 Å². The zero-order valence-corrected chi connectivity index (χ0v) is 15.6. The number of hydrogen-bond donors (Lipinski definition) is 1. The molecule has 0 unspecified atom stereocenters. The molecule has 0 aliphatic heterocycles. The number of amides is 1. The Hall–Kier alpha value is -1.95. The van der Waals surface area contributed by atoms with Crippen molar-refractivity contribution >= 4 is 46.7 Å². The van der Waals surface area contributed by atoms with E-state index >= 15 is 0 Å². The van der Waals surface area contributed by atoms with Crippen LogP contribution < -0.4 is 5.32 Å². The summed E-state index contributed by atoms with van der Waals surface area (Å²) in [6.45, 7) is 0. The van der Waals surface area contributed by atoms with Crippen LogP contribution in [-0.4, -0.2) is 16.6 Å². The lowest BCUT2D eigenvalue weighted by Crippen LogP contribution is -2.14. The summed E-state index contributed by atoms with van der Waals surface area (Å²) in [5.74, 6) is 0.261. The largest absolute Gasteiger partial charge is 0.324 e. The lowest BCUT2D eigenvalue weighted by atomic mass is 10.3. The standard InChI is InChI=1S/C19H15ClN2OS2/c20-14-8-10-15(11-9-14)25-17-6-2-1-5-16(17)22-18(23)13-24-19-7-3-4-12-21-19/h1-12H,13H2,(H,22,23). The molecule has 25 heavy (non-hydrogen) atoms. The van der Waals surface area contributed by atoms with E-state index < -0.39 is 0 Å². The molecule has 0 fully saturated rings. The average Bonchev–Trinajstić information content (AvgIpc) is 2.64. The molecule has 0 bridgehead atoms. The van der Waals surface area contributed by atoms with Gasteiger partial charge >= 0.3 is 0 Å². The van der Waals surface area contributed by atoms with E-state index in [1.54, 1.807) is 18.0 Å². The first-order valence-electron chi connectivity index (χ1n) is 7.57. The highest BCUT2D eigenvalue weighted by Crippen LogP contribution is 2.34. The maximum Gasteiger partial charge on any atom is 0.234 e. The number of pyridine rings is 1. The first kappa shape index (κ1) is 17.9. The molecule has 0 atom stereocenters. The van der Waals surface area contributed by atoms with Gasteiger partial charge in [-0.3, -0.25) is 4.79 Å². The van der Waals surface area contributed by atoms with E-state index in [0.29, 0.717) is 10.8 Å². The normalized spacial score (nSPS) is 10.4. The second kappa shape index (κ2) is 8.94. The van der Waals surface area contributed by atoms with Gasteiger partial charge in [-0.15, -0.1) is 0 Å². The number of aromatic nitrogens is 1. The predicted molar refractivity (Wildman–Crippen MR) is 106 cm³/mol. The first-order valence-corrected chi connectivity index (χ1v) is 9.75. The van der Waals surface area contributed by atoms with Crippen LogP contribution in [0.15, 0.2) is 87.7 Å². The van der Waals surface area contributed by atoms with Crippen LogP contribution in [0.25, 0.3) is 0 Å². The van der Waals surface area contributed by atoms with Crippen molar-refractivity contribution in [3.05, 3.63) is 77.9 Å². The molecule has 1 heterocycles. The quantitative estimate of drug-likeness (QED) is 0.558. The Morgan fingerprint density at radius 1 is 1.00 bits per heavy atom. The topological polar surface area (TPSA) is 42.0 Å². The number of hydrogen-bond acceptors (Lipinski definition) is 4. The van der Waals surface area contributed by atoms with Crippen molar-refractivity contribution in [1.29, 1.82) is 0 Å². The minimum Gasteiger partial charge on any atom is -0.324 e. The third-order valence-electron chi connectivity index (χ3n) is 3.19. The second-order valence-corrected chi connectivity index (χ2v) is 7.60. The third kappa shape index (κ3) is 5.53. The molecule has 6 heteroatoms. The van der Waals surface area contributed by atoms with E-state index in [0.717, 1.165) is 20.5 Å². The highest BCUT2D eigenvalue weighted by Gasteiger charge is 2.09. The summed E-state index contributed by atoms with van der Waals surface area (Å²) >= 11 is 8.93. The average molecular weight is 387 g/mol. The highest BCUT2D eigenvalue weighted by atomic mass is 35.5. The molecule has 0 spiro atoms. The van der Waals surface area contributed by atoms with Gasteiger partial charge in [0.2, 0.25) is 5.91 Å². The molecule has 0 aliphatic carbocycles. The first-order chi connectivity index (χ1) is 12.2. The molecule has 3 aromatic rings. The van der Waals surface area contributed by atoms with Crippen molar-refractivity contribution in [2.75, 3.05) is 11.1 Å². The molecule has 0 aliphatic rings. The number of nitrogens with one attached hydrogen (secondary N) is 1. The molecule has 126 valence electrons. The van der Waals surface area contributed by atoms with Crippen molar-refractivity contribution in [3.63, 3.8) is 0 Å². The Labute approximate surface area is 160 Å². The van der Waals surface area contributed by atoms with Gasteiger partial charge in [-0.2, -0.15) is 0 Å². The zero-order valence-electron chi connectivity index (χ0n) is 13.2. The van der Waals surface area contributed by atoms with Crippen LogP contribution in [0.5, 0.6) is 0 Å². The van der Waals surface area contributed by atoms with Gasteiger partial charge in [-0.05, 0) is 48.5 Å². The Bertz CT molecular complexity index is 842. The van der Waals surface area contributed by atoms with Gasteiger partial charge in [0.25, 0.3) is 0 Å². The smallest absolute Gasteiger partial charge is 0.234 e. The molecule has 0 radical (unpaired) electrons. The Morgan fingerprint density at radius 3 is 2.52 bits per heavy atom. The Balaban J connectivity index is 1.64. The molecule has 3 rings (SSSR count). The fourth-order valence-corrected chi connectivity index (χ4v) is 3.74. The number of carbonyl (C=O) groups excluding carboxylic acids is 1. The molecular formula is C19H15ClN2OS2. The van der Waals surface area contributed by atoms with Crippen molar-refractivity contribution < 1.29 is 4.79 Å². The summed E-state index contributed by atoms with van der Waals surface area (Å²) in [5.41, 5.74) is 0.800. The van der Waals surface area contributed by atoms with E-state index in [1.807, 2.05) is 66.7 Å². The van der Waals surface area contributed by atoms with E-state index in [9.17, 15) is 4.79 Å². The fourth-order valence-electron chi connectivity index (χ4n) is 2.05. The number of thioether (sulfide) groups is 1. The zero-order chi connectivity index (χ0) is 17.5. The van der Waals surface area contributed by atoms with Crippen molar-refractivity contribution in [2.24, 2.45) is 0 Å². The molecule has 0 saturated heterocycles. The van der Waals surface area contributed by atoms with Crippen LogP contribution >= 0.6 is 35.1 Å². The molecule has 2 aromatic carbocycles. The Morgan fingerprint density at radius 2 is 1.76 bits per heavy atom. The summed E-state index contributed by atoms with van der Waals surface area (Å²) in [6, 6.07) is 21.0.